The average Bonchev–Trinajstić information content (AvgIpc) is 3.10. The summed E-state index contributed by atoms with van der Waals surface area (Å²) < 4.78 is 14.5. The summed E-state index contributed by atoms with van der Waals surface area (Å²) in [7, 11) is 0. The second-order valence-electron chi connectivity index (χ2n) is 5.60. The Morgan fingerprint density at radius 2 is 1.96 bits per heavy atom. The van der Waals surface area contributed by atoms with Gasteiger partial charge in [0.2, 0.25) is 0 Å². The van der Waals surface area contributed by atoms with Gasteiger partial charge < -0.3 is 15.5 Å². The molecule has 0 atom stereocenters. The number of carbonyl (C=O) groups excluding carboxylic acids is 1. The molecule has 27 heavy (non-hydrogen) atoms. The van der Waals surface area contributed by atoms with Crippen LogP contribution in [0.4, 0.5) is 4.39 Å². The lowest BCUT2D eigenvalue weighted by Crippen LogP contribution is -2.29. The molecule has 0 fully saturated rings. The maximum Gasteiger partial charge on any atom is 0.322 e. The third kappa shape index (κ3) is 4.42. The Bertz CT molecular complexity index is 987. The predicted octanol–water partition coefficient (Wildman–Crippen LogP) is 1.05. The lowest BCUT2D eigenvalue weighted by Gasteiger charge is -2.05. The number of benzene rings is 1. The third-order valence-corrected chi connectivity index (χ3v) is 3.58. The fourth-order valence-electron chi connectivity index (χ4n) is 2.29. The monoisotopic (exact) mass is 371 g/mol. The number of halogens is 1. The Kier molecular flexibility index (Phi) is 5.06. The van der Waals surface area contributed by atoms with Crippen LogP contribution >= 0.6 is 0 Å². The van der Waals surface area contributed by atoms with Crippen LogP contribution in [-0.4, -0.2) is 48.6 Å². The van der Waals surface area contributed by atoms with Crippen molar-refractivity contribution in [1.29, 1.82) is 0 Å². The minimum Gasteiger partial charge on any atom is -0.505 e. The van der Waals surface area contributed by atoms with Crippen LogP contribution in [0.15, 0.2) is 42.7 Å². The van der Waals surface area contributed by atoms with Crippen LogP contribution in [0.5, 0.6) is 5.75 Å². The van der Waals surface area contributed by atoms with Gasteiger partial charge in [0.1, 0.15) is 23.8 Å². The smallest absolute Gasteiger partial charge is 0.322 e. The summed E-state index contributed by atoms with van der Waals surface area (Å²) >= 11 is 0. The number of aromatic nitrogens is 4. The summed E-state index contributed by atoms with van der Waals surface area (Å²) in [5.41, 5.74) is 1.38. The van der Waals surface area contributed by atoms with Crippen LogP contribution in [0, 0.1) is 5.82 Å². The molecule has 10 heteroatoms. The van der Waals surface area contributed by atoms with Crippen molar-refractivity contribution in [2.75, 3.05) is 6.54 Å². The molecule has 2 heterocycles. The Morgan fingerprint density at radius 3 is 2.63 bits per heavy atom. The molecular formula is C17H14FN5O4. The van der Waals surface area contributed by atoms with Crippen molar-refractivity contribution in [2.45, 2.75) is 6.54 Å². The maximum atomic E-state index is 12.9. The summed E-state index contributed by atoms with van der Waals surface area (Å²) in [6.07, 6.45) is 2.94. The van der Waals surface area contributed by atoms with Crippen LogP contribution in [0.2, 0.25) is 0 Å². The van der Waals surface area contributed by atoms with Crippen molar-refractivity contribution in [2.24, 2.45) is 0 Å². The molecule has 0 saturated heterocycles. The highest BCUT2D eigenvalue weighted by Crippen LogP contribution is 2.23. The number of rotatable bonds is 6. The molecule has 2 aromatic heterocycles. The van der Waals surface area contributed by atoms with E-state index in [1.165, 1.54) is 29.1 Å². The number of aromatic hydroxyl groups is 1. The van der Waals surface area contributed by atoms with Crippen molar-refractivity contribution < 1.29 is 24.2 Å². The van der Waals surface area contributed by atoms with E-state index in [9.17, 15) is 19.1 Å². The molecule has 3 rings (SSSR count). The van der Waals surface area contributed by atoms with E-state index < -0.39 is 24.2 Å². The van der Waals surface area contributed by atoms with Crippen molar-refractivity contribution in [3.05, 3.63) is 59.8 Å². The Morgan fingerprint density at radius 1 is 1.22 bits per heavy atom. The van der Waals surface area contributed by atoms with Crippen molar-refractivity contribution in [3.8, 4) is 17.0 Å². The van der Waals surface area contributed by atoms with Gasteiger partial charge in [-0.1, -0.05) is 17.3 Å². The molecule has 1 aromatic carbocycles. The van der Waals surface area contributed by atoms with Crippen molar-refractivity contribution >= 4 is 11.9 Å². The van der Waals surface area contributed by atoms with E-state index in [4.69, 9.17) is 5.11 Å². The van der Waals surface area contributed by atoms with Gasteiger partial charge in [-0.3, -0.25) is 9.59 Å². The summed E-state index contributed by atoms with van der Waals surface area (Å²) in [6.45, 7) is -0.207. The molecule has 0 saturated carbocycles. The summed E-state index contributed by atoms with van der Waals surface area (Å²) in [5.74, 6) is -2.76. The molecule has 0 bridgehead atoms. The highest BCUT2D eigenvalue weighted by molar-refractivity contribution is 5.96. The van der Waals surface area contributed by atoms with Gasteiger partial charge in [-0.05, 0) is 23.8 Å². The highest BCUT2D eigenvalue weighted by Gasteiger charge is 2.16. The Hall–Kier alpha value is -3.82. The molecule has 0 spiro atoms. The van der Waals surface area contributed by atoms with Gasteiger partial charge in [-0.15, -0.1) is 5.10 Å². The van der Waals surface area contributed by atoms with Gasteiger partial charge in [0, 0.05) is 11.8 Å². The lowest BCUT2D eigenvalue weighted by molar-refractivity contribution is -0.135. The molecule has 0 aliphatic carbocycles. The van der Waals surface area contributed by atoms with Crippen LogP contribution in [0.1, 0.15) is 16.1 Å². The van der Waals surface area contributed by atoms with Gasteiger partial charge in [0.15, 0.2) is 5.69 Å². The zero-order valence-corrected chi connectivity index (χ0v) is 13.8. The minimum absolute atomic E-state index is 0.293. The van der Waals surface area contributed by atoms with Gasteiger partial charge >= 0.3 is 5.97 Å². The van der Waals surface area contributed by atoms with E-state index in [-0.39, 0.29) is 11.5 Å². The van der Waals surface area contributed by atoms with Crippen LogP contribution in [0.25, 0.3) is 11.3 Å². The summed E-state index contributed by atoms with van der Waals surface area (Å²) in [6, 6.07) is 7.25. The number of nitrogens with one attached hydrogen (secondary N) is 1. The number of carboxylic acids is 1. The number of amides is 1. The van der Waals surface area contributed by atoms with E-state index in [0.29, 0.717) is 17.8 Å². The molecule has 3 aromatic rings. The van der Waals surface area contributed by atoms with Gasteiger partial charge in [0.25, 0.3) is 5.91 Å². The molecular weight excluding hydrogens is 357 g/mol. The van der Waals surface area contributed by atoms with E-state index in [1.54, 1.807) is 18.3 Å². The first kappa shape index (κ1) is 18.0. The molecule has 9 nitrogen and oxygen atoms in total. The van der Waals surface area contributed by atoms with Gasteiger partial charge in [0.05, 0.1) is 12.7 Å². The SMILES string of the molecule is O=C(O)CNC(=O)c1ncc(-c2cn(Cc3ccc(F)cc3)nn2)cc1O. The molecule has 1 amide bonds. The number of aliphatic carboxylic acids is 1. The van der Waals surface area contributed by atoms with Crippen molar-refractivity contribution in [3.63, 3.8) is 0 Å². The first-order valence-corrected chi connectivity index (χ1v) is 7.76. The van der Waals surface area contributed by atoms with E-state index in [2.05, 4.69) is 20.6 Å². The Labute approximate surface area is 152 Å². The summed E-state index contributed by atoms with van der Waals surface area (Å²) in [5, 5.41) is 28.6. The summed E-state index contributed by atoms with van der Waals surface area (Å²) in [4.78, 5) is 26.1. The van der Waals surface area contributed by atoms with Crippen molar-refractivity contribution in [1.82, 2.24) is 25.3 Å². The first-order chi connectivity index (χ1) is 12.9. The highest BCUT2D eigenvalue weighted by atomic mass is 19.1. The molecule has 0 aliphatic heterocycles. The number of carbonyl (C=O) groups is 2. The number of carboxylic acid groups (broad SMARTS) is 1. The lowest BCUT2D eigenvalue weighted by atomic mass is 10.2. The number of nitrogens with zero attached hydrogens (tertiary/aromatic N) is 4. The van der Waals surface area contributed by atoms with Gasteiger partial charge in [-0.25, -0.2) is 14.1 Å². The standard InChI is InChI=1S/C17H14FN5O4/c18-12-3-1-10(2-4-12)8-23-9-13(21-22-23)11-5-14(24)16(19-6-11)17(27)20-7-15(25)26/h1-6,9,24H,7-8H2,(H,20,27)(H,25,26). The quantitative estimate of drug-likeness (QED) is 0.590. The zero-order chi connectivity index (χ0) is 19.4. The number of hydrogen-bond acceptors (Lipinski definition) is 6. The predicted molar refractivity (Wildman–Crippen MR) is 90.4 cm³/mol. The molecule has 0 unspecified atom stereocenters. The maximum absolute atomic E-state index is 12.9. The first-order valence-electron chi connectivity index (χ1n) is 7.76. The average molecular weight is 371 g/mol. The largest absolute Gasteiger partial charge is 0.505 e. The van der Waals surface area contributed by atoms with Crippen LogP contribution in [-0.2, 0) is 11.3 Å². The van der Waals surface area contributed by atoms with E-state index in [0.717, 1.165) is 5.56 Å². The Balaban J connectivity index is 1.74. The molecule has 3 N–H and O–H groups in total. The molecule has 0 aliphatic rings. The van der Waals surface area contributed by atoms with E-state index in [1.807, 2.05) is 0 Å². The molecule has 0 radical (unpaired) electrons. The third-order valence-electron chi connectivity index (χ3n) is 3.58. The van der Waals surface area contributed by atoms with Crippen LogP contribution < -0.4 is 5.32 Å². The minimum atomic E-state index is -1.21. The number of hydrogen-bond donors (Lipinski definition) is 3. The normalized spacial score (nSPS) is 10.6. The topological polar surface area (TPSA) is 130 Å². The second kappa shape index (κ2) is 7.60. The second-order valence-corrected chi connectivity index (χ2v) is 5.60. The fraction of sp³-hybridized carbons (Fsp3) is 0.118. The van der Waals surface area contributed by atoms with Crippen LogP contribution in [0.3, 0.4) is 0 Å². The fourth-order valence-corrected chi connectivity index (χ4v) is 2.29. The zero-order valence-electron chi connectivity index (χ0n) is 13.8. The molecule has 138 valence electrons. The number of pyridine rings is 1. The van der Waals surface area contributed by atoms with Gasteiger partial charge in [-0.2, -0.15) is 0 Å². The van der Waals surface area contributed by atoms with E-state index >= 15 is 0 Å².